The van der Waals surface area contributed by atoms with Crippen LogP contribution in [0.3, 0.4) is 0 Å². The van der Waals surface area contributed by atoms with Crippen LogP contribution in [0.4, 0.5) is 8.78 Å². The van der Waals surface area contributed by atoms with Crippen LogP contribution in [0.15, 0.2) is 12.4 Å². The number of fused-ring (bicyclic) bond motifs is 1. The number of rotatable bonds is 11. The summed E-state index contributed by atoms with van der Waals surface area (Å²) in [5.74, 6) is 2.53. The van der Waals surface area contributed by atoms with Gasteiger partial charge >= 0.3 is 0 Å². The summed E-state index contributed by atoms with van der Waals surface area (Å²) in [6.45, 7) is 4.29. The second kappa shape index (κ2) is 12.7. The van der Waals surface area contributed by atoms with Gasteiger partial charge in [-0.05, 0) is 51.0 Å². The first-order valence-corrected chi connectivity index (χ1v) is 13.3. The third kappa shape index (κ3) is 8.17. The normalized spacial score (nSPS) is 20.9. The predicted octanol–water partition coefficient (Wildman–Crippen LogP) is 4.52. The Balaban J connectivity index is 1.10. The number of halogens is 2. The molecule has 0 unspecified atom stereocenters. The molecule has 35 heavy (non-hydrogen) atoms. The van der Waals surface area contributed by atoms with Gasteiger partial charge in [-0.2, -0.15) is 0 Å². The summed E-state index contributed by atoms with van der Waals surface area (Å²) in [6, 6.07) is 0. The molecule has 0 radical (unpaired) electrons. The van der Waals surface area contributed by atoms with Crippen molar-refractivity contribution < 1.29 is 23.0 Å². The lowest BCUT2D eigenvalue weighted by molar-refractivity contribution is -0.122. The Labute approximate surface area is 209 Å². The van der Waals surface area contributed by atoms with Gasteiger partial charge in [0.1, 0.15) is 12.4 Å². The molecular weight excluding hydrogens is 474 g/mol. The van der Waals surface area contributed by atoms with Gasteiger partial charge in [-0.1, -0.05) is 24.2 Å². The predicted molar refractivity (Wildman–Crippen MR) is 129 cm³/mol. The third-order valence-corrected chi connectivity index (χ3v) is 7.97. The molecule has 1 aliphatic carbocycles. The van der Waals surface area contributed by atoms with Crippen molar-refractivity contribution in [3.8, 4) is 10.9 Å². The largest absolute Gasteiger partial charge is 0.483 e. The van der Waals surface area contributed by atoms with E-state index in [1.54, 1.807) is 12.4 Å². The van der Waals surface area contributed by atoms with E-state index >= 15 is 0 Å². The minimum Gasteiger partial charge on any atom is -0.483 e. The van der Waals surface area contributed by atoms with Crippen molar-refractivity contribution in [3.05, 3.63) is 28.8 Å². The number of Topliss-reactive ketones (excluding diaryl/α,β-unsaturated/α-hetero) is 1. The zero-order valence-electron chi connectivity index (χ0n) is 20.3. The maximum Gasteiger partial charge on any atom is 0.273 e. The molecule has 0 aromatic carbocycles. The number of ketones is 1. The number of hydrogen-bond acceptors (Lipinski definition) is 8. The summed E-state index contributed by atoms with van der Waals surface area (Å²) in [7, 11) is 0. The number of alkyl halides is 2. The second-order valence-corrected chi connectivity index (χ2v) is 10.6. The molecule has 4 rings (SSSR count). The van der Waals surface area contributed by atoms with Crippen LogP contribution < -0.4 is 9.47 Å². The van der Waals surface area contributed by atoms with Gasteiger partial charge in [0, 0.05) is 30.8 Å². The average molecular weight is 509 g/mol. The van der Waals surface area contributed by atoms with E-state index in [1.165, 1.54) is 35.5 Å². The SMILES string of the molecule is Cc1ncc(OCC(=O)CC2CCC(CCN3CCc4nc(OCC(F)F)sc4CC3)CC2)cn1. The highest BCUT2D eigenvalue weighted by molar-refractivity contribution is 7.13. The van der Waals surface area contributed by atoms with Gasteiger partial charge in [0.15, 0.2) is 18.1 Å². The van der Waals surface area contributed by atoms with E-state index in [0.29, 0.717) is 35.0 Å². The molecule has 1 saturated carbocycles. The molecule has 0 spiro atoms. The maximum absolute atomic E-state index is 12.4. The van der Waals surface area contributed by atoms with Gasteiger partial charge in [-0.25, -0.2) is 23.7 Å². The number of nitrogens with zero attached hydrogens (tertiary/aromatic N) is 4. The topological polar surface area (TPSA) is 77.4 Å². The Morgan fingerprint density at radius 3 is 2.57 bits per heavy atom. The first kappa shape index (κ1) is 25.9. The van der Waals surface area contributed by atoms with Crippen LogP contribution in [0.5, 0.6) is 10.9 Å². The minimum atomic E-state index is -2.47. The Bertz CT molecular complexity index is 923. The van der Waals surface area contributed by atoms with Crippen molar-refractivity contribution >= 4 is 17.1 Å². The molecule has 1 fully saturated rings. The zero-order valence-corrected chi connectivity index (χ0v) is 21.1. The fourth-order valence-corrected chi connectivity index (χ4v) is 5.85. The van der Waals surface area contributed by atoms with E-state index in [9.17, 15) is 13.6 Å². The van der Waals surface area contributed by atoms with Crippen LogP contribution in [-0.2, 0) is 17.6 Å². The molecular formula is C25H34F2N4O3S. The van der Waals surface area contributed by atoms with Crippen LogP contribution in [0.1, 0.15) is 54.9 Å². The molecule has 0 amide bonds. The van der Waals surface area contributed by atoms with Crippen molar-refractivity contribution in [1.82, 2.24) is 19.9 Å². The molecule has 2 aromatic heterocycles. The lowest BCUT2D eigenvalue weighted by atomic mass is 9.78. The lowest BCUT2D eigenvalue weighted by Crippen LogP contribution is -2.30. The quantitative estimate of drug-likeness (QED) is 0.442. The van der Waals surface area contributed by atoms with E-state index < -0.39 is 13.0 Å². The molecule has 2 aliphatic rings. The molecule has 0 saturated heterocycles. The van der Waals surface area contributed by atoms with Crippen LogP contribution >= 0.6 is 11.3 Å². The molecule has 2 aromatic rings. The molecule has 0 atom stereocenters. The standard InChI is InChI=1S/C25H34F2N4O3S/c1-17-28-13-21(14-29-17)33-15-20(32)12-19-4-2-18(3-5-19)6-9-31-10-7-22-23(8-11-31)35-25(30-22)34-16-24(26)27/h13-14,18-19,24H,2-12,15-16H2,1H3. The Kier molecular flexibility index (Phi) is 9.37. The van der Waals surface area contributed by atoms with Gasteiger partial charge in [0.2, 0.25) is 0 Å². The van der Waals surface area contributed by atoms with Gasteiger partial charge in [-0.15, -0.1) is 0 Å². The Morgan fingerprint density at radius 1 is 1.11 bits per heavy atom. The summed E-state index contributed by atoms with van der Waals surface area (Å²) in [6.07, 6.45) is 8.80. The fourth-order valence-electron chi connectivity index (χ4n) is 4.89. The Morgan fingerprint density at radius 2 is 1.83 bits per heavy atom. The highest BCUT2D eigenvalue weighted by atomic mass is 32.1. The first-order chi connectivity index (χ1) is 16.9. The molecule has 0 bridgehead atoms. The van der Waals surface area contributed by atoms with E-state index in [4.69, 9.17) is 9.47 Å². The minimum absolute atomic E-state index is 0.0848. The van der Waals surface area contributed by atoms with Crippen molar-refractivity contribution in [2.24, 2.45) is 11.8 Å². The highest BCUT2D eigenvalue weighted by Crippen LogP contribution is 2.33. The number of carbonyl (C=O) groups is 1. The number of aromatic nitrogens is 3. The number of ether oxygens (including phenoxy) is 2. The van der Waals surface area contributed by atoms with Crippen LogP contribution in [0, 0.1) is 18.8 Å². The van der Waals surface area contributed by atoms with Gasteiger partial charge in [0.25, 0.3) is 11.6 Å². The number of carbonyl (C=O) groups excluding carboxylic acids is 1. The van der Waals surface area contributed by atoms with E-state index in [0.717, 1.165) is 51.0 Å². The van der Waals surface area contributed by atoms with Crippen molar-refractivity contribution in [2.75, 3.05) is 32.8 Å². The van der Waals surface area contributed by atoms with Crippen LogP contribution in [0.2, 0.25) is 0 Å². The van der Waals surface area contributed by atoms with Crippen LogP contribution in [0.25, 0.3) is 0 Å². The monoisotopic (exact) mass is 508 g/mol. The molecule has 7 nitrogen and oxygen atoms in total. The van der Waals surface area contributed by atoms with E-state index in [2.05, 4.69) is 19.9 Å². The molecule has 0 N–H and O–H groups in total. The molecule has 1 aliphatic heterocycles. The van der Waals surface area contributed by atoms with E-state index in [1.807, 2.05) is 6.92 Å². The van der Waals surface area contributed by atoms with Crippen molar-refractivity contribution in [1.29, 1.82) is 0 Å². The van der Waals surface area contributed by atoms with Crippen molar-refractivity contribution in [2.45, 2.75) is 64.7 Å². The summed E-state index contributed by atoms with van der Waals surface area (Å²) < 4.78 is 35.3. The zero-order chi connectivity index (χ0) is 24.6. The smallest absolute Gasteiger partial charge is 0.273 e. The van der Waals surface area contributed by atoms with Gasteiger partial charge in [0.05, 0.1) is 18.1 Å². The van der Waals surface area contributed by atoms with Crippen molar-refractivity contribution in [3.63, 3.8) is 0 Å². The first-order valence-electron chi connectivity index (χ1n) is 12.5. The molecule has 192 valence electrons. The van der Waals surface area contributed by atoms with Gasteiger partial charge < -0.3 is 14.4 Å². The van der Waals surface area contributed by atoms with Gasteiger partial charge in [-0.3, -0.25) is 4.79 Å². The highest BCUT2D eigenvalue weighted by Gasteiger charge is 2.25. The summed E-state index contributed by atoms with van der Waals surface area (Å²) >= 11 is 1.41. The second-order valence-electron chi connectivity index (χ2n) is 9.57. The maximum atomic E-state index is 12.4. The van der Waals surface area contributed by atoms with E-state index in [-0.39, 0.29) is 12.4 Å². The summed E-state index contributed by atoms with van der Waals surface area (Å²) in [4.78, 5) is 28.6. The number of thiazole rings is 1. The number of aryl methyl sites for hydroxylation is 1. The molecule has 3 heterocycles. The average Bonchev–Trinajstić information content (AvgIpc) is 3.15. The number of hydrogen-bond donors (Lipinski definition) is 0. The van der Waals surface area contributed by atoms with Crippen LogP contribution in [-0.4, -0.2) is 64.9 Å². The summed E-state index contributed by atoms with van der Waals surface area (Å²) in [5, 5.41) is 0.370. The lowest BCUT2D eigenvalue weighted by Gasteiger charge is -2.30. The fraction of sp³-hybridized carbons (Fsp3) is 0.680. The third-order valence-electron chi connectivity index (χ3n) is 6.90. The summed E-state index contributed by atoms with van der Waals surface area (Å²) in [5.41, 5.74) is 1.01. The molecule has 10 heteroatoms. The Hall–Kier alpha value is -2.20.